The van der Waals surface area contributed by atoms with E-state index >= 15 is 0 Å². The maximum atomic E-state index is 5.99. The molecule has 23 heavy (non-hydrogen) atoms. The monoisotopic (exact) mass is 345 g/mol. The van der Waals surface area contributed by atoms with Gasteiger partial charge in [-0.3, -0.25) is 4.98 Å². The molecule has 3 heterocycles. The van der Waals surface area contributed by atoms with Gasteiger partial charge in [-0.05, 0) is 12.1 Å². The van der Waals surface area contributed by atoms with Crippen LogP contribution in [0.1, 0.15) is 12.8 Å². The van der Waals surface area contributed by atoms with Gasteiger partial charge in [0.25, 0.3) is 0 Å². The minimum absolute atomic E-state index is 0.209. The molecular weight excluding hydrogens is 330 g/mol. The lowest BCUT2D eigenvalue weighted by Gasteiger charge is -2.31. The zero-order valence-corrected chi connectivity index (χ0v) is 14.1. The molecule has 1 aliphatic heterocycles. The molecule has 0 unspecified atom stereocenters. The van der Waals surface area contributed by atoms with Gasteiger partial charge in [0.2, 0.25) is 0 Å². The van der Waals surface area contributed by atoms with Crippen LogP contribution in [0.4, 0.5) is 5.13 Å². The number of ether oxygens (including phenoxy) is 1. The number of para-hydroxylation sites is 1. The Balaban J connectivity index is 1.40. The van der Waals surface area contributed by atoms with Crippen molar-refractivity contribution in [1.82, 2.24) is 9.97 Å². The Hall–Kier alpha value is -1.85. The number of hydrogen-bond acceptors (Lipinski definition) is 5. The van der Waals surface area contributed by atoms with Gasteiger partial charge in [-0.25, -0.2) is 4.98 Å². The zero-order chi connectivity index (χ0) is 15.6. The Kier molecular flexibility index (Phi) is 4.06. The second-order valence-electron chi connectivity index (χ2n) is 5.61. The van der Waals surface area contributed by atoms with Crippen molar-refractivity contribution in [2.24, 2.45) is 0 Å². The molecule has 1 aromatic carbocycles. The molecule has 1 fully saturated rings. The minimum atomic E-state index is 0.209. The van der Waals surface area contributed by atoms with E-state index < -0.39 is 0 Å². The molecule has 0 N–H and O–H groups in total. The van der Waals surface area contributed by atoms with Crippen LogP contribution in [-0.2, 0) is 0 Å². The van der Waals surface area contributed by atoms with Crippen molar-refractivity contribution in [3.05, 3.63) is 47.7 Å². The number of halogens is 1. The maximum Gasteiger partial charge on any atom is 0.186 e. The number of hydrogen-bond donors (Lipinski definition) is 0. The van der Waals surface area contributed by atoms with Crippen LogP contribution in [0.2, 0.25) is 5.02 Å². The van der Waals surface area contributed by atoms with Crippen LogP contribution < -0.4 is 9.64 Å². The molecule has 0 saturated carbocycles. The number of fused-ring (bicyclic) bond motifs is 1. The van der Waals surface area contributed by atoms with E-state index in [-0.39, 0.29) is 6.10 Å². The van der Waals surface area contributed by atoms with Crippen molar-refractivity contribution in [2.45, 2.75) is 18.9 Å². The van der Waals surface area contributed by atoms with Crippen molar-refractivity contribution in [3.63, 3.8) is 0 Å². The minimum Gasteiger partial charge on any atom is -0.489 e. The van der Waals surface area contributed by atoms with Gasteiger partial charge in [-0.1, -0.05) is 35.1 Å². The van der Waals surface area contributed by atoms with Crippen LogP contribution in [0.25, 0.3) is 10.2 Å². The topological polar surface area (TPSA) is 38.2 Å². The zero-order valence-electron chi connectivity index (χ0n) is 12.5. The number of nitrogens with zero attached hydrogens (tertiary/aromatic N) is 3. The largest absolute Gasteiger partial charge is 0.489 e. The molecule has 4 rings (SSSR count). The Bertz CT molecular complexity index is 781. The van der Waals surface area contributed by atoms with Crippen molar-refractivity contribution >= 4 is 38.3 Å². The first-order valence-electron chi connectivity index (χ1n) is 7.66. The molecule has 0 spiro atoms. The number of pyridine rings is 1. The number of benzene rings is 1. The smallest absolute Gasteiger partial charge is 0.186 e. The molecule has 4 nitrogen and oxygen atoms in total. The SMILES string of the molecule is Clc1cncc(OC2CCN(c3nc4ccccc4s3)CC2)c1. The highest BCUT2D eigenvalue weighted by Gasteiger charge is 2.22. The molecule has 0 aliphatic carbocycles. The summed E-state index contributed by atoms with van der Waals surface area (Å²) in [5.74, 6) is 0.746. The molecule has 2 aromatic heterocycles. The van der Waals surface area contributed by atoms with Gasteiger partial charge in [-0.2, -0.15) is 0 Å². The van der Waals surface area contributed by atoms with Gasteiger partial charge < -0.3 is 9.64 Å². The number of thiazole rings is 1. The van der Waals surface area contributed by atoms with E-state index in [1.165, 1.54) is 4.70 Å². The van der Waals surface area contributed by atoms with Crippen LogP contribution in [0.5, 0.6) is 5.75 Å². The third kappa shape index (κ3) is 3.26. The van der Waals surface area contributed by atoms with Gasteiger partial charge in [0.05, 0.1) is 21.4 Å². The number of piperidine rings is 1. The van der Waals surface area contributed by atoms with Gasteiger partial charge in [0.15, 0.2) is 5.13 Å². The van der Waals surface area contributed by atoms with E-state index in [9.17, 15) is 0 Å². The van der Waals surface area contributed by atoms with E-state index in [4.69, 9.17) is 21.3 Å². The van der Waals surface area contributed by atoms with E-state index in [1.807, 2.05) is 12.1 Å². The highest BCUT2D eigenvalue weighted by molar-refractivity contribution is 7.22. The van der Waals surface area contributed by atoms with Crippen LogP contribution in [0, 0.1) is 0 Å². The highest BCUT2D eigenvalue weighted by Crippen LogP contribution is 2.31. The Morgan fingerprint density at radius 3 is 2.78 bits per heavy atom. The molecule has 3 aromatic rings. The second-order valence-corrected chi connectivity index (χ2v) is 7.05. The van der Waals surface area contributed by atoms with Gasteiger partial charge >= 0.3 is 0 Å². The standard InChI is InChI=1S/C17H16ClN3OS/c18-12-9-14(11-19-10-12)22-13-5-7-21(8-6-13)17-20-15-3-1-2-4-16(15)23-17/h1-4,9-11,13H,5-8H2. The van der Waals surface area contributed by atoms with E-state index in [2.05, 4.69) is 28.1 Å². The number of rotatable bonds is 3. The van der Waals surface area contributed by atoms with Crippen molar-refractivity contribution in [2.75, 3.05) is 18.0 Å². The molecule has 0 radical (unpaired) electrons. The van der Waals surface area contributed by atoms with E-state index in [0.717, 1.165) is 42.3 Å². The lowest BCUT2D eigenvalue weighted by atomic mass is 10.1. The van der Waals surface area contributed by atoms with Crippen molar-refractivity contribution in [1.29, 1.82) is 0 Å². The number of aromatic nitrogens is 2. The third-order valence-electron chi connectivity index (χ3n) is 3.98. The average Bonchev–Trinajstić information content (AvgIpc) is 2.99. The summed E-state index contributed by atoms with van der Waals surface area (Å²) in [5.41, 5.74) is 1.08. The molecule has 1 aliphatic rings. The summed E-state index contributed by atoms with van der Waals surface area (Å²) in [4.78, 5) is 11.1. The normalized spacial score (nSPS) is 16.0. The summed E-state index contributed by atoms with van der Waals surface area (Å²) < 4.78 is 7.23. The Labute approximate surface area is 143 Å². The van der Waals surface area contributed by atoms with Crippen molar-refractivity contribution < 1.29 is 4.74 Å². The van der Waals surface area contributed by atoms with Crippen LogP contribution in [-0.4, -0.2) is 29.2 Å². The van der Waals surface area contributed by atoms with Crippen LogP contribution >= 0.6 is 22.9 Å². The second kappa shape index (κ2) is 6.34. The molecular formula is C17H16ClN3OS. The third-order valence-corrected chi connectivity index (χ3v) is 5.28. The molecule has 0 bridgehead atoms. The summed E-state index contributed by atoms with van der Waals surface area (Å²) in [6.07, 6.45) is 5.49. The maximum absolute atomic E-state index is 5.99. The highest BCUT2D eigenvalue weighted by atomic mass is 35.5. The predicted molar refractivity (Wildman–Crippen MR) is 94.7 cm³/mol. The van der Waals surface area contributed by atoms with Crippen LogP contribution in [0.3, 0.4) is 0 Å². The first-order chi connectivity index (χ1) is 11.3. The van der Waals surface area contributed by atoms with E-state index in [1.54, 1.807) is 23.7 Å². The Morgan fingerprint density at radius 2 is 2.00 bits per heavy atom. The first kappa shape index (κ1) is 14.7. The lowest BCUT2D eigenvalue weighted by Crippen LogP contribution is -2.38. The molecule has 1 saturated heterocycles. The fraction of sp³-hybridized carbons (Fsp3) is 0.294. The Morgan fingerprint density at radius 1 is 1.17 bits per heavy atom. The molecule has 6 heteroatoms. The quantitative estimate of drug-likeness (QED) is 0.705. The van der Waals surface area contributed by atoms with E-state index in [0.29, 0.717) is 5.02 Å². The fourth-order valence-electron chi connectivity index (χ4n) is 2.81. The van der Waals surface area contributed by atoms with Crippen LogP contribution in [0.15, 0.2) is 42.7 Å². The summed E-state index contributed by atoms with van der Waals surface area (Å²) in [7, 11) is 0. The summed E-state index contributed by atoms with van der Waals surface area (Å²) >= 11 is 7.70. The first-order valence-corrected chi connectivity index (χ1v) is 8.85. The predicted octanol–water partition coefficient (Wildman–Crippen LogP) is 4.39. The fourth-order valence-corrected chi connectivity index (χ4v) is 3.99. The average molecular weight is 346 g/mol. The lowest BCUT2D eigenvalue weighted by molar-refractivity contribution is 0.170. The molecule has 0 amide bonds. The number of anilines is 1. The van der Waals surface area contributed by atoms with Gasteiger partial charge in [-0.15, -0.1) is 0 Å². The summed E-state index contributed by atoms with van der Waals surface area (Å²) in [5, 5.41) is 1.71. The van der Waals surface area contributed by atoms with Gasteiger partial charge in [0, 0.05) is 38.2 Å². The summed E-state index contributed by atoms with van der Waals surface area (Å²) in [6.45, 7) is 1.91. The molecule has 118 valence electrons. The molecule has 0 atom stereocenters. The van der Waals surface area contributed by atoms with Gasteiger partial charge in [0.1, 0.15) is 11.9 Å². The van der Waals surface area contributed by atoms with Crippen molar-refractivity contribution in [3.8, 4) is 5.75 Å². The summed E-state index contributed by atoms with van der Waals surface area (Å²) in [6, 6.07) is 10.1.